The van der Waals surface area contributed by atoms with Crippen LogP contribution in [0.4, 0.5) is 36.3 Å². The molecule has 0 amide bonds. The molecule has 2 aliphatic rings. The molecule has 2 saturated heterocycles. The fourth-order valence-electron chi connectivity index (χ4n) is 4.26. The Morgan fingerprint density at radius 3 is 2.28 bits per heavy atom. The lowest BCUT2D eigenvalue weighted by Gasteiger charge is -2.35. The summed E-state index contributed by atoms with van der Waals surface area (Å²) in [6.45, 7) is 6.74. The van der Waals surface area contributed by atoms with Gasteiger partial charge in [0.25, 0.3) is 0 Å². The maximum atomic E-state index is 13.6. The van der Waals surface area contributed by atoms with Gasteiger partial charge in [-0.15, -0.1) is 0 Å². The first-order chi connectivity index (χ1) is 15.2. The summed E-state index contributed by atoms with van der Waals surface area (Å²) in [5.74, 6) is 0.876. The Balaban J connectivity index is 1.51. The second kappa shape index (κ2) is 9.13. The Morgan fingerprint density at radius 1 is 1.00 bits per heavy atom. The molecule has 3 heterocycles. The summed E-state index contributed by atoms with van der Waals surface area (Å²) in [6, 6.07) is 7.57. The van der Waals surface area contributed by atoms with Crippen LogP contribution in [0.15, 0.2) is 30.5 Å². The summed E-state index contributed by atoms with van der Waals surface area (Å²) >= 11 is 0. The lowest BCUT2D eigenvalue weighted by Crippen LogP contribution is -2.42. The van der Waals surface area contributed by atoms with Crippen molar-refractivity contribution >= 4 is 23.1 Å². The Morgan fingerprint density at radius 2 is 1.66 bits per heavy atom. The van der Waals surface area contributed by atoms with Crippen LogP contribution in [0.5, 0.6) is 0 Å². The number of nitrogens with one attached hydrogen (secondary N) is 1. The van der Waals surface area contributed by atoms with Crippen molar-refractivity contribution in [1.82, 2.24) is 9.97 Å². The van der Waals surface area contributed by atoms with Gasteiger partial charge < -0.3 is 20.2 Å². The summed E-state index contributed by atoms with van der Waals surface area (Å²) < 4.78 is 40.7. The summed E-state index contributed by atoms with van der Waals surface area (Å²) in [5, 5.41) is 13.2. The molecule has 0 aliphatic carbocycles. The van der Waals surface area contributed by atoms with Crippen molar-refractivity contribution in [2.24, 2.45) is 11.8 Å². The molecule has 174 valence electrons. The van der Waals surface area contributed by atoms with E-state index in [0.717, 1.165) is 37.7 Å². The van der Waals surface area contributed by atoms with Crippen LogP contribution in [0.25, 0.3) is 0 Å². The molecule has 1 aromatic carbocycles. The van der Waals surface area contributed by atoms with Gasteiger partial charge in [-0.05, 0) is 55.4 Å². The van der Waals surface area contributed by atoms with Gasteiger partial charge in [0.1, 0.15) is 11.4 Å². The largest absolute Gasteiger partial charge is 0.421 e. The number of hydrogen-bond donors (Lipinski definition) is 2. The molecule has 0 saturated carbocycles. The Kier molecular flexibility index (Phi) is 6.46. The lowest BCUT2D eigenvalue weighted by atomic mass is 9.96. The summed E-state index contributed by atoms with van der Waals surface area (Å²) in [6.07, 6.45) is -1.37. The molecular weight excluding hydrogens is 419 g/mol. The molecule has 0 bridgehead atoms. The second-order valence-electron chi connectivity index (χ2n) is 9.05. The molecule has 2 fully saturated rings. The van der Waals surface area contributed by atoms with Gasteiger partial charge in [0.05, 0.1) is 6.10 Å². The second-order valence-corrected chi connectivity index (χ2v) is 9.05. The first kappa shape index (κ1) is 22.6. The first-order valence-corrected chi connectivity index (χ1v) is 11.2. The number of alkyl halides is 3. The highest BCUT2D eigenvalue weighted by atomic mass is 19.4. The number of anilines is 4. The predicted octanol–water partition coefficient (Wildman–Crippen LogP) is 4.68. The molecule has 0 spiro atoms. The minimum atomic E-state index is -4.50. The van der Waals surface area contributed by atoms with E-state index in [-0.39, 0.29) is 17.9 Å². The van der Waals surface area contributed by atoms with Gasteiger partial charge in [-0.3, -0.25) is 0 Å². The number of hydrogen-bond acceptors (Lipinski definition) is 6. The molecule has 0 radical (unpaired) electrons. The molecule has 6 nitrogen and oxygen atoms in total. The molecule has 2 atom stereocenters. The van der Waals surface area contributed by atoms with E-state index in [4.69, 9.17) is 0 Å². The topological polar surface area (TPSA) is 64.5 Å². The van der Waals surface area contributed by atoms with Crippen LogP contribution in [0.1, 0.15) is 38.7 Å². The zero-order valence-corrected chi connectivity index (χ0v) is 18.4. The van der Waals surface area contributed by atoms with Crippen LogP contribution in [0.3, 0.4) is 0 Å². The molecular formula is C23H30F3N5O. The highest BCUT2D eigenvalue weighted by molar-refractivity contribution is 5.61. The maximum Gasteiger partial charge on any atom is 0.421 e. The number of β-amino-alcohol motifs (C(OH)–C–C–N with tert-alkyl or cyclic N) is 1. The van der Waals surface area contributed by atoms with Crippen LogP contribution < -0.4 is 15.1 Å². The fourth-order valence-corrected chi connectivity index (χ4v) is 4.26. The average Bonchev–Trinajstić information content (AvgIpc) is 2.76. The van der Waals surface area contributed by atoms with Gasteiger partial charge in [-0.2, -0.15) is 18.2 Å². The molecule has 4 rings (SSSR count). The van der Waals surface area contributed by atoms with Crippen molar-refractivity contribution in [2.45, 2.75) is 45.4 Å². The number of halogens is 3. The molecule has 9 heteroatoms. The maximum absolute atomic E-state index is 13.6. The summed E-state index contributed by atoms with van der Waals surface area (Å²) in [7, 11) is 0. The smallest absolute Gasteiger partial charge is 0.391 e. The van der Waals surface area contributed by atoms with Gasteiger partial charge in [0.15, 0.2) is 0 Å². The number of benzene rings is 1. The zero-order valence-electron chi connectivity index (χ0n) is 18.4. The van der Waals surface area contributed by atoms with Crippen LogP contribution >= 0.6 is 0 Å². The fraction of sp³-hybridized carbons (Fsp3) is 0.565. The van der Waals surface area contributed by atoms with Gasteiger partial charge >= 0.3 is 6.18 Å². The van der Waals surface area contributed by atoms with Crippen molar-refractivity contribution in [3.8, 4) is 0 Å². The minimum absolute atomic E-state index is 0.0602. The summed E-state index contributed by atoms with van der Waals surface area (Å²) in [5.41, 5.74) is 0.890. The van der Waals surface area contributed by atoms with Gasteiger partial charge in [-0.1, -0.05) is 13.8 Å². The SMILES string of the molecule is CC1CCN(c2nc(Nc3ccc(N4CCC(C)C(O)C4)cc3)ncc2C(F)(F)F)CC1. The van der Waals surface area contributed by atoms with Gasteiger partial charge in [0, 0.05) is 43.8 Å². The minimum Gasteiger partial charge on any atom is -0.391 e. The third-order valence-electron chi connectivity index (χ3n) is 6.56. The van der Waals surface area contributed by atoms with E-state index < -0.39 is 11.7 Å². The van der Waals surface area contributed by atoms with Crippen LogP contribution in [-0.4, -0.2) is 47.4 Å². The highest BCUT2D eigenvalue weighted by Crippen LogP contribution is 2.37. The molecule has 32 heavy (non-hydrogen) atoms. The van der Waals surface area contributed by atoms with E-state index in [0.29, 0.717) is 37.2 Å². The number of piperidine rings is 2. The normalized spacial score (nSPS) is 22.8. The number of aliphatic hydroxyl groups is 1. The van der Waals surface area contributed by atoms with Crippen LogP contribution in [0.2, 0.25) is 0 Å². The van der Waals surface area contributed by atoms with Gasteiger partial charge in [0.2, 0.25) is 5.95 Å². The van der Waals surface area contributed by atoms with E-state index in [1.807, 2.05) is 24.3 Å². The van der Waals surface area contributed by atoms with Crippen molar-refractivity contribution in [3.05, 3.63) is 36.0 Å². The molecule has 2 aliphatic heterocycles. The van der Waals surface area contributed by atoms with E-state index in [2.05, 4.69) is 34.0 Å². The van der Waals surface area contributed by atoms with Crippen LogP contribution in [0, 0.1) is 11.8 Å². The number of aliphatic hydroxyl groups excluding tert-OH is 1. The zero-order chi connectivity index (χ0) is 22.9. The Bertz CT molecular complexity index is 913. The van der Waals surface area contributed by atoms with Crippen molar-refractivity contribution in [3.63, 3.8) is 0 Å². The third-order valence-corrected chi connectivity index (χ3v) is 6.56. The third kappa shape index (κ3) is 5.09. The van der Waals surface area contributed by atoms with E-state index in [1.165, 1.54) is 0 Å². The van der Waals surface area contributed by atoms with E-state index in [1.54, 1.807) is 4.90 Å². The van der Waals surface area contributed by atoms with Crippen molar-refractivity contribution in [2.75, 3.05) is 41.3 Å². The average molecular weight is 450 g/mol. The molecule has 2 aromatic rings. The standard InChI is InChI=1S/C23H30F3N5O/c1-15-7-10-30(11-8-15)21-19(23(24,25)26)13-27-22(29-21)28-17-3-5-18(6-4-17)31-12-9-16(2)20(32)14-31/h3-6,13,15-16,20,32H,7-12,14H2,1-2H3,(H,27,28,29). The van der Waals surface area contributed by atoms with Crippen molar-refractivity contribution in [1.29, 1.82) is 0 Å². The molecule has 2 N–H and O–H groups in total. The predicted molar refractivity (Wildman–Crippen MR) is 119 cm³/mol. The van der Waals surface area contributed by atoms with Gasteiger partial charge in [-0.25, -0.2) is 4.98 Å². The Labute approximate surface area is 186 Å². The highest BCUT2D eigenvalue weighted by Gasteiger charge is 2.37. The summed E-state index contributed by atoms with van der Waals surface area (Å²) in [4.78, 5) is 12.0. The van der Waals surface area contributed by atoms with E-state index >= 15 is 0 Å². The lowest BCUT2D eigenvalue weighted by molar-refractivity contribution is -0.137. The Hall–Kier alpha value is -2.55. The molecule has 1 aromatic heterocycles. The number of aromatic nitrogens is 2. The quantitative estimate of drug-likeness (QED) is 0.707. The van der Waals surface area contributed by atoms with E-state index in [9.17, 15) is 18.3 Å². The van der Waals surface area contributed by atoms with Crippen LogP contribution in [-0.2, 0) is 6.18 Å². The number of nitrogens with zero attached hydrogens (tertiary/aromatic N) is 4. The monoisotopic (exact) mass is 449 g/mol. The molecule has 2 unspecified atom stereocenters. The van der Waals surface area contributed by atoms with Crippen molar-refractivity contribution < 1.29 is 18.3 Å². The first-order valence-electron chi connectivity index (χ1n) is 11.2. The number of rotatable bonds is 4.